The van der Waals surface area contributed by atoms with Crippen molar-refractivity contribution in [3.05, 3.63) is 29.3 Å². The first-order valence-electron chi connectivity index (χ1n) is 4.89. The van der Waals surface area contributed by atoms with Crippen molar-refractivity contribution in [1.29, 1.82) is 0 Å². The van der Waals surface area contributed by atoms with Crippen molar-refractivity contribution in [1.82, 2.24) is 0 Å². The Morgan fingerprint density at radius 3 is 2.40 bits per heavy atom. The molecule has 0 bridgehead atoms. The lowest BCUT2D eigenvalue weighted by Gasteiger charge is -2.09. The van der Waals surface area contributed by atoms with E-state index in [-0.39, 0.29) is 11.0 Å². The van der Waals surface area contributed by atoms with Crippen LogP contribution in [0.25, 0.3) is 0 Å². The Morgan fingerprint density at radius 1 is 1.33 bits per heavy atom. The fourth-order valence-corrected chi connectivity index (χ4v) is 2.20. The van der Waals surface area contributed by atoms with E-state index in [1.165, 1.54) is 0 Å². The van der Waals surface area contributed by atoms with Gasteiger partial charge in [-0.3, -0.25) is 0 Å². The number of rotatable bonds is 3. The third kappa shape index (κ3) is 2.96. The van der Waals surface area contributed by atoms with Gasteiger partial charge in [-0.1, -0.05) is 12.1 Å². The van der Waals surface area contributed by atoms with Crippen molar-refractivity contribution in [2.75, 3.05) is 5.73 Å². The second-order valence-electron chi connectivity index (χ2n) is 4.05. The number of hydrogen-bond acceptors (Lipinski definition) is 3. The summed E-state index contributed by atoms with van der Waals surface area (Å²) in [5, 5.41) is -0.338. The average molecular weight is 227 g/mol. The van der Waals surface area contributed by atoms with E-state index in [0.717, 1.165) is 11.1 Å². The fourth-order valence-electron chi connectivity index (χ4n) is 1.23. The molecule has 0 amide bonds. The van der Waals surface area contributed by atoms with Crippen molar-refractivity contribution in [2.24, 2.45) is 0 Å². The maximum Gasteiger partial charge on any atom is 0.156 e. The summed E-state index contributed by atoms with van der Waals surface area (Å²) < 4.78 is 23.3. The molecule has 2 N–H and O–H groups in total. The summed E-state index contributed by atoms with van der Waals surface area (Å²) in [7, 11) is -3.02. The van der Waals surface area contributed by atoms with Gasteiger partial charge >= 0.3 is 0 Å². The molecule has 3 nitrogen and oxygen atoms in total. The van der Waals surface area contributed by atoms with Gasteiger partial charge in [0.1, 0.15) is 0 Å². The molecule has 0 aliphatic rings. The molecule has 15 heavy (non-hydrogen) atoms. The highest BCUT2D eigenvalue weighted by Gasteiger charge is 2.16. The van der Waals surface area contributed by atoms with Crippen LogP contribution in [0.5, 0.6) is 0 Å². The lowest BCUT2D eigenvalue weighted by atomic mass is 10.1. The summed E-state index contributed by atoms with van der Waals surface area (Å²) in [6, 6.07) is 5.35. The van der Waals surface area contributed by atoms with Gasteiger partial charge < -0.3 is 5.73 Å². The summed E-state index contributed by atoms with van der Waals surface area (Å²) in [6.45, 7) is 5.26. The normalized spacial score (nSPS) is 12.0. The van der Waals surface area contributed by atoms with Crippen molar-refractivity contribution >= 4 is 15.5 Å². The van der Waals surface area contributed by atoms with Crippen LogP contribution in [0.3, 0.4) is 0 Å². The zero-order chi connectivity index (χ0) is 11.6. The van der Waals surface area contributed by atoms with Crippen LogP contribution in [-0.2, 0) is 15.6 Å². The molecule has 84 valence electrons. The van der Waals surface area contributed by atoms with Gasteiger partial charge in [0.25, 0.3) is 0 Å². The van der Waals surface area contributed by atoms with Gasteiger partial charge in [0.05, 0.1) is 11.0 Å². The van der Waals surface area contributed by atoms with Gasteiger partial charge in [0, 0.05) is 5.69 Å². The van der Waals surface area contributed by atoms with Gasteiger partial charge in [0.2, 0.25) is 0 Å². The number of nitrogen functional groups attached to an aromatic ring is 1. The molecule has 0 saturated heterocycles. The molecular weight excluding hydrogens is 210 g/mol. The van der Waals surface area contributed by atoms with E-state index in [9.17, 15) is 8.42 Å². The Labute approximate surface area is 91.2 Å². The lowest BCUT2D eigenvalue weighted by Crippen LogP contribution is -2.16. The molecule has 1 aromatic rings. The van der Waals surface area contributed by atoms with E-state index < -0.39 is 9.84 Å². The zero-order valence-corrected chi connectivity index (χ0v) is 10.1. The van der Waals surface area contributed by atoms with E-state index in [1.807, 2.05) is 13.0 Å². The predicted octanol–water partition coefficient (Wildman–Crippen LogP) is 1.90. The molecule has 0 saturated carbocycles. The highest BCUT2D eigenvalue weighted by molar-refractivity contribution is 7.91. The van der Waals surface area contributed by atoms with Crippen LogP contribution in [0.2, 0.25) is 0 Å². The third-order valence-electron chi connectivity index (χ3n) is 2.42. The quantitative estimate of drug-likeness (QED) is 0.802. The summed E-state index contributed by atoms with van der Waals surface area (Å²) in [5.41, 5.74) is 8.08. The number of sulfone groups is 1. The summed E-state index contributed by atoms with van der Waals surface area (Å²) in [5.74, 6) is 0.0891. The van der Waals surface area contributed by atoms with Crippen LogP contribution in [-0.4, -0.2) is 13.7 Å². The average Bonchev–Trinajstić information content (AvgIpc) is 2.10. The van der Waals surface area contributed by atoms with E-state index in [1.54, 1.807) is 26.0 Å². The molecule has 0 fully saturated rings. The van der Waals surface area contributed by atoms with Crippen LogP contribution < -0.4 is 5.73 Å². The van der Waals surface area contributed by atoms with Crippen LogP contribution in [0.15, 0.2) is 18.2 Å². The van der Waals surface area contributed by atoms with E-state index in [2.05, 4.69) is 0 Å². The Bertz CT molecular complexity index is 450. The molecule has 0 aliphatic heterocycles. The Balaban J connectivity index is 2.96. The summed E-state index contributed by atoms with van der Waals surface area (Å²) in [6.07, 6.45) is 0. The molecule has 1 rings (SSSR count). The standard InChI is InChI=1S/C11H17NO2S/c1-8(2)15(13,14)7-10-4-5-11(12)9(3)6-10/h4-6,8H,7,12H2,1-3H3. The molecule has 0 spiro atoms. The zero-order valence-electron chi connectivity index (χ0n) is 9.32. The summed E-state index contributed by atoms with van der Waals surface area (Å²) >= 11 is 0. The molecule has 0 radical (unpaired) electrons. The van der Waals surface area contributed by atoms with Gasteiger partial charge in [-0.25, -0.2) is 8.42 Å². The third-order valence-corrected chi connectivity index (χ3v) is 4.59. The van der Waals surface area contributed by atoms with Gasteiger partial charge in [-0.15, -0.1) is 0 Å². The molecule has 0 heterocycles. The van der Waals surface area contributed by atoms with Crippen molar-refractivity contribution in [2.45, 2.75) is 31.8 Å². The Hall–Kier alpha value is -1.03. The van der Waals surface area contributed by atoms with E-state index >= 15 is 0 Å². The number of hydrogen-bond donors (Lipinski definition) is 1. The van der Waals surface area contributed by atoms with E-state index in [0.29, 0.717) is 5.69 Å². The Kier molecular flexibility index (Phi) is 3.39. The van der Waals surface area contributed by atoms with Crippen molar-refractivity contribution in [3.63, 3.8) is 0 Å². The number of anilines is 1. The van der Waals surface area contributed by atoms with Crippen LogP contribution >= 0.6 is 0 Å². The fraction of sp³-hybridized carbons (Fsp3) is 0.455. The predicted molar refractivity (Wildman–Crippen MR) is 63.4 cm³/mol. The van der Waals surface area contributed by atoms with Gasteiger partial charge in [0.15, 0.2) is 9.84 Å². The number of benzene rings is 1. The number of nitrogens with two attached hydrogens (primary N) is 1. The minimum Gasteiger partial charge on any atom is -0.399 e. The van der Waals surface area contributed by atoms with Gasteiger partial charge in [-0.2, -0.15) is 0 Å². The molecule has 1 aromatic carbocycles. The van der Waals surface area contributed by atoms with Crippen LogP contribution in [0, 0.1) is 6.92 Å². The minimum absolute atomic E-state index is 0.0891. The second-order valence-corrected chi connectivity index (χ2v) is 6.60. The monoisotopic (exact) mass is 227 g/mol. The first-order chi connectivity index (χ1) is 6.83. The molecule has 0 unspecified atom stereocenters. The van der Waals surface area contributed by atoms with Gasteiger partial charge in [-0.05, 0) is 38.0 Å². The first-order valence-corrected chi connectivity index (χ1v) is 6.61. The van der Waals surface area contributed by atoms with E-state index in [4.69, 9.17) is 5.73 Å². The largest absolute Gasteiger partial charge is 0.399 e. The first kappa shape index (κ1) is 12.0. The maximum atomic E-state index is 11.7. The summed E-state index contributed by atoms with van der Waals surface area (Å²) in [4.78, 5) is 0. The van der Waals surface area contributed by atoms with Crippen LogP contribution in [0.4, 0.5) is 5.69 Å². The molecule has 0 aromatic heterocycles. The second kappa shape index (κ2) is 4.23. The van der Waals surface area contributed by atoms with Crippen molar-refractivity contribution in [3.8, 4) is 0 Å². The topological polar surface area (TPSA) is 60.2 Å². The maximum absolute atomic E-state index is 11.7. The number of aryl methyl sites for hydroxylation is 1. The Morgan fingerprint density at radius 2 is 1.93 bits per heavy atom. The molecule has 0 atom stereocenters. The SMILES string of the molecule is Cc1cc(CS(=O)(=O)C(C)C)ccc1N. The molecular formula is C11H17NO2S. The highest BCUT2D eigenvalue weighted by Crippen LogP contribution is 2.16. The lowest BCUT2D eigenvalue weighted by molar-refractivity contribution is 0.586. The van der Waals surface area contributed by atoms with Crippen LogP contribution in [0.1, 0.15) is 25.0 Å². The van der Waals surface area contributed by atoms with Crippen molar-refractivity contribution < 1.29 is 8.42 Å². The highest BCUT2D eigenvalue weighted by atomic mass is 32.2. The molecule has 0 aliphatic carbocycles. The molecule has 4 heteroatoms. The smallest absolute Gasteiger partial charge is 0.156 e. The minimum atomic E-state index is -3.02.